The zero-order valence-corrected chi connectivity index (χ0v) is 25.3. The molecule has 0 spiro atoms. The number of fused-ring (bicyclic) bond motifs is 2. The molecule has 0 unspecified atom stereocenters. The number of aryl methyl sites for hydroxylation is 1. The minimum atomic E-state index is -0.757. The topological polar surface area (TPSA) is 107 Å². The van der Waals surface area contributed by atoms with E-state index in [4.69, 9.17) is 9.57 Å². The lowest BCUT2D eigenvalue weighted by molar-refractivity contribution is -0.140. The molecule has 0 amide bonds. The molecule has 1 aliphatic rings. The van der Waals surface area contributed by atoms with Gasteiger partial charge in [-0.1, -0.05) is 31.3 Å². The Morgan fingerprint density at radius 1 is 0.929 bits per heavy atom. The van der Waals surface area contributed by atoms with Gasteiger partial charge >= 0.3 is 5.97 Å². The maximum absolute atomic E-state index is 13.9. The fourth-order valence-corrected chi connectivity index (χ4v) is 5.63. The molecule has 0 N–H and O–H groups in total. The van der Waals surface area contributed by atoms with Gasteiger partial charge in [-0.25, -0.2) is 4.79 Å². The van der Waals surface area contributed by atoms with Crippen molar-refractivity contribution in [2.75, 3.05) is 26.3 Å². The summed E-state index contributed by atoms with van der Waals surface area (Å²) in [7, 11) is 0. The number of aromatic nitrogens is 1. The molecule has 9 heteroatoms. The van der Waals surface area contributed by atoms with E-state index in [2.05, 4.69) is 17.0 Å². The van der Waals surface area contributed by atoms with Crippen LogP contribution in [0.3, 0.4) is 0 Å². The van der Waals surface area contributed by atoms with Crippen LogP contribution in [-0.2, 0) is 20.9 Å². The molecule has 1 aliphatic heterocycles. The van der Waals surface area contributed by atoms with Crippen LogP contribution >= 0.6 is 0 Å². The van der Waals surface area contributed by atoms with Crippen LogP contribution in [0, 0.1) is 0 Å². The molecule has 0 saturated carbocycles. The zero-order chi connectivity index (χ0) is 30.4. The lowest BCUT2D eigenvalue weighted by Gasteiger charge is -2.39. The van der Waals surface area contributed by atoms with Crippen molar-refractivity contribution in [3.8, 4) is 0 Å². The van der Waals surface area contributed by atoms with Gasteiger partial charge in [0.25, 0.3) is 0 Å². The first-order valence-electron chi connectivity index (χ1n) is 14.9. The molecule has 1 saturated heterocycles. The molecule has 4 rings (SSSR count). The number of Topliss-reactive ketones (excluding diaryl/α,β-unsaturated/α-hetero) is 2. The van der Waals surface area contributed by atoms with E-state index in [0.717, 1.165) is 31.2 Å². The lowest BCUT2D eigenvalue weighted by Crippen LogP contribution is -2.54. The third kappa shape index (κ3) is 6.52. The van der Waals surface area contributed by atoms with Crippen molar-refractivity contribution in [2.45, 2.75) is 78.8 Å². The highest BCUT2D eigenvalue weighted by Crippen LogP contribution is 2.26. The second kappa shape index (κ2) is 13.5. The minimum Gasteiger partial charge on any atom is -0.379 e. The van der Waals surface area contributed by atoms with Crippen molar-refractivity contribution in [3.63, 3.8) is 0 Å². The molecule has 224 valence electrons. The molecule has 9 nitrogen and oxygen atoms in total. The van der Waals surface area contributed by atoms with Crippen molar-refractivity contribution < 1.29 is 24.0 Å². The molecule has 0 atom stereocenters. The number of benzene rings is 2. The number of nitrogens with zero attached hydrogens (tertiary/aromatic N) is 3. The van der Waals surface area contributed by atoms with Gasteiger partial charge in [0.2, 0.25) is 5.78 Å². The van der Waals surface area contributed by atoms with Gasteiger partial charge in [0.1, 0.15) is 5.71 Å². The maximum atomic E-state index is 13.9. The van der Waals surface area contributed by atoms with E-state index in [1.807, 2.05) is 31.4 Å². The van der Waals surface area contributed by atoms with Crippen molar-refractivity contribution >= 4 is 45.1 Å². The first-order chi connectivity index (χ1) is 20.1. The number of carbonyl (C=O) groups excluding carboxylic acids is 3. The fourth-order valence-electron chi connectivity index (χ4n) is 5.63. The van der Waals surface area contributed by atoms with E-state index < -0.39 is 11.5 Å². The highest BCUT2D eigenvalue weighted by Gasteiger charge is 2.36. The molecule has 42 heavy (non-hydrogen) atoms. The number of oxime groups is 1. The van der Waals surface area contributed by atoms with Crippen molar-refractivity contribution in [1.82, 2.24) is 9.47 Å². The van der Waals surface area contributed by atoms with Gasteiger partial charge in [-0.2, -0.15) is 0 Å². The summed E-state index contributed by atoms with van der Waals surface area (Å²) in [6, 6.07) is 10.4. The van der Waals surface area contributed by atoms with Crippen LogP contribution in [0.4, 0.5) is 0 Å². The third-order valence-corrected chi connectivity index (χ3v) is 8.08. The van der Waals surface area contributed by atoms with Gasteiger partial charge in [-0.3, -0.25) is 19.3 Å². The molecular formula is C33H41N3O6. The molecule has 0 bridgehead atoms. The SMILES string of the molecule is CCCCCC/C(=N\OC(C)=O)C(=O)c1ccc2c(c1)c(=O)c1cc(C(=O)C(C)(C)N3CCOCC3)ccc1n2CC. The first-order valence-corrected chi connectivity index (χ1v) is 14.9. The van der Waals surface area contributed by atoms with E-state index in [9.17, 15) is 19.2 Å². The highest BCUT2D eigenvalue weighted by molar-refractivity contribution is 6.46. The van der Waals surface area contributed by atoms with Crippen LogP contribution in [0.15, 0.2) is 46.3 Å². The molecule has 2 heterocycles. The molecule has 0 aliphatic carbocycles. The Morgan fingerprint density at radius 2 is 1.55 bits per heavy atom. The van der Waals surface area contributed by atoms with Crippen LogP contribution in [0.5, 0.6) is 0 Å². The quantitative estimate of drug-likeness (QED) is 0.0697. The Labute approximate surface area is 246 Å². The Balaban J connectivity index is 1.77. The highest BCUT2D eigenvalue weighted by atomic mass is 16.7. The Morgan fingerprint density at radius 3 is 2.14 bits per heavy atom. The van der Waals surface area contributed by atoms with Crippen molar-refractivity contribution in [2.24, 2.45) is 5.16 Å². The van der Waals surface area contributed by atoms with Crippen LogP contribution in [0.1, 0.15) is 87.4 Å². The van der Waals surface area contributed by atoms with Gasteiger partial charge < -0.3 is 14.1 Å². The predicted molar refractivity (Wildman–Crippen MR) is 164 cm³/mol. The summed E-state index contributed by atoms with van der Waals surface area (Å²) in [5.41, 5.74) is 1.32. The van der Waals surface area contributed by atoms with Gasteiger partial charge in [-0.15, -0.1) is 0 Å². The summed E-state index contributed by atoms with van der Waals surface area (Å²) in [5.74, 6) is -1.05. The van der Waals surface area contributed by atoms with Gasteiger partial charge in [-0.05, 0) is 70.0 Å². The van der Waals surface area contributed by atoms with E-state index in [1.165, 1.54) is 6.92 Å². The van der Waals surface area contributed by atoms with E-state index >= 15 is 0 Å². The average molecular weight is 576 g/mol. The van der Waals surface area contributed by atoms with Crippen LogP contribution in [-0.4, -0.2) is 64.6 Å². The zero-order valence-electron chi connectivity index (χ0n) is 25.3. The maximum Gasteiger partial charge on any atom is 0.331 e. The molecule has 3 aromatic rings. The monoisotopic (exact) mass is 575 g/mol. The number of carbonyl (C=O) groups is 3. The standard InChI is InChI=1S/C33H41N3O6/c1-6-8-9-10-11-27(34-42-22(3)37)30(38)23-12-14-28-25(20-23)31(39)26-21-24(13-15-29(26)36(28)7-2)32(40)33(4,5)35-16-18-41-19-17-35/h12-15,20-21H,6-11,16-19H2,1-5H3/b34-27+. The molecule has 2 aromatic carbocycles. The van der Waals surface area contributed by atoms with Gasteiger partial charge in [0.15, 0.2) is 11.2 Å². The first kappa shape index (κ1) is 31.3. The van der Waals surface area contributed by atoms with E-state index in [0.29, 0.717) is 66.7 Å². The second-order valence-electron chi connectivity index (χ2n) is 11.3. The summed E-state index contributed by atoms with van der Waals surface area (Å²) in [6.45, 7) is 12.2. The molecule has 1 fully saturated rings. The third-order valence-electron chi connectivity index (χ3n) is 8.08. The van der Waals surface area contributed by atoms with E-state index in [1.54, 1.807) is 30.3 Å². The van der Waals surface area contributed by atoms with Crippen molar-refractivity contribution in [1.29, 1.82) is 0 Å². The molecule has 0 radical (unpaired) electrons. The van der Waals surface area contributed by atoms with Crippen LogP contribution in [0.2, 0.25) is 0 Å². The largest absolute Gasteiger partial charge is 0.379 e. The summed E-state index contributed by atoms with van der Waals surface area (Å²) < 4.78 is 7.48. The normalized spacial score (nSPS) is 14.8. The van der Waals surface area contributed by atoms with Crippen LogP contribution in [0.25, 0.3) is 21.8 Å². The Kier molecular flexibility index (Phi) is 10.1. The predicted octanol–water partition coefficient (Wildman–Crippen LogP) is 5.54. The lowest BCUT2D eigenvalue weighted by atomic mass is 9.90. The van der Waals surface area contributed by atoms with Gasteiger partial charge in [0, 0.05) is 48.5 Å². The number of rotatable bonds is 12. The number of ether oxygens (including phenoxy) is 1. The minimum absolute atomic E-state index is 0.0628. The second-order valence-corrected chi connectivity index (χ2v) is 11.3. The fraction of sp³-hybridized carbons (Fsp3) is 0.485. The smallest absolute Gasteiger partial charge is 0.331 e. The van der Waals surface area contributed by atoms with Crippen LogP contribution < -0.4 is 5.43 Å². The summed E-state index contributed by atoms with van der Waals surface area (Å²) >= 11 is 0. The molecule has 1 aromatic heterocycles. The number of morpholine rings is 1. The summed E-state index contributed by atoms with van der Waals surface area (Å²) in [4.78, 5) is 59.5. The summed E-state index contributed by atoms with van der Waals surface area (Å²) in [6.07, 6.45) is 4.11. The summed E-state index contributed by atoms with van der Waals surface area (Å²) in [5, 5.41) is 4.66. The number of ketones is 2. The number of pyridine rings is 1. The number of hydrogen-bond donors (Lipinski definition) is 0. The van der Waals surface area contributed by atoms with Gasteiger partial charge in [0.05, 0.1) is 29.8 Å². The van der Waals surface area contributed by atoms with Crippen molar-refractivity contribution in [3.05, 3.63) is 57.7 Å². The Hall–Kier alpha value is -3.69. The Bertz CT molecular complexity index is 1580. The van der Waals surface area contributed by atoms with E-state index in [-0.39, 0.29) is 22.7 Å². The molecular weight excluding hydrogens is 534 g/mol. The number of hydrogen-bond acceptors (Lipinski definition) is 8. The average Bonchev–Trinajstić information content (AvgIpc) is 3.00. The number of unbranched alkanes of at least 4 members (excludes halogenated alkanes) is 3.